The van der Waals surface area contributed by atoms with E-state index in [1.54, 1.807) is 31.2 Å². The molecule has 2 aromatic rings. The molecule has 104 valence electrons. The van der Waals surface area contributed by atoms with Gasteiger partial charge in [-0.3, -0.25) is 4.79 Å². The van der Waals surface area contributed by atoms with Gasteiger partial charge in [0.2, 0.25) is 0 Å². The first kappa shape index (κ1) is 13.9. The summed E-state index contributed by atoms with van der Waals surface area (Å²) in [5.74, 6) is 0.637. The molecule has 4 heteroatoms. The molecule has 0 aromatic heterocycles. The van der Waals surface area contributed by atoms with E-state index in [4.69, 9.17) is 10.5 Å². The number of nitrogens with zero attached hydrogens (tertiary/aromatic N) is 1. The number of benzene rings is 2. The molecular formula is C16H18N2O2. The molecule has 0 saturated heterocycles. The number of nitrogens with two attached hydrogens (primary N) is 1. The molecule has 0 heterocycles. The second-order valence-electron chi connectivity index (χ2n) is 4.63. The molecule has 0 fully saturated rings. The molecule has 2 rings (SSSR count). The minimum atomic E-state index is -0.0410. The van der Waals surface area contributed by atoms with Crippen LogP contribution in [0.5, 0.6) is 5.75 Å². The van der Waals surface area contributed by atoms with Gasteiger partial charge in [0, 0.05) is 24.8 Å². The van der Waals surface area contributed by atoms with Crippen LogP contribution < -0.4 is 10.5 Å². The van der Waals surface area contributed by atoms with Crippen molar-refractivity contribution in [2.75, 3.05) is 19.9 Å². The van der Waals surface area contributed by atoms with Crippen molar-refractivity contribution in [2.24, 2.45) is 0 Å². The number of rotatable bonds is 4. The third-order valence-electron chi connectivity index (χ3n) is 3.06. The topological polar surface area (TPSA) is 55.6 Å². The number of hydrogen-bond acceptors (Lipinski definition) is 3. The van der Waals surface area contributed by atoms with Crippen LogP contribution in [0.15, 0.2) is 48.5 Å². The zero-order valence-corrected chi connectivity index (χ0v) is 11.7. The second kappa shape index (κ2) is 6.10. The molecule has 0 bridgehead atoms. The van der Waals surface area contributed by atoms with Gasteiger partial charge in [-0.05, 0) is 35.9 Å². The van der Waals surface area contributed by atoms with Crippen LogP contribution in [-0.2, 0) is 6.54 Å². The summed E-state index contributed by atoms with van der Waals surface area (Å²) in [7, 11) is 3.36. The molecule has 0 unspecified atom stereocenters. The first-order valence-corrected chi connectivity index (χ1v) is 6.34. The van der Waals surface area contributed by atoms with Crippen molar-refractivity contribution < 1.29 is 9.53 Å². The van der Waals surface area contributed by atoms with Crippen LogP contribution in [0.4, 0.5) is 5.69 Å². The maximum Gasteiger partial charge on any atom is 0.254 e. The van der Waals surface area contributed by atoms with Gasteiger partial charge in [0.05, 0.1) is 7.11 Å². The molecule has 2 aromatic carbocycles. The van der Waals surface area contributed by atoms with Gasteiger partial charge in [-0.25, -0.2) is 0 Å². The molecule has 0 aliphatic carbocycles. The van der Waals surface area contributed by atoms with E-state index in [1.807, 2.05) is 36.4 Å². The van der Waals surface area contributed by atoms with Gasteiger partial charge in [-0.1, -0.05) is 18.2 Å². The van der Waals surface area contributed by atoms with Gasteiger partial charge >= 0.3 is 0 Å². The molecule has 0 spiro atoms. The molecule has 0 atom stereocenters. The van der Waals surface area contributed by atoms with Crippen molar-refractivity contribution in [2.45, 2.75) is 6.54 Å². The molecular weight excluding hydrogens is 252 g/mol. The van der Waals surface area contributed by atoms with E-state index in [0.29, 0.717) is 17.9 Å². The Kier molecular flexibility index (Phi) is 4.25. The highest BCUT2D eigenvalue weighted by atomic mass is 16.5. The van der Waals surface area contributed by atoms with Gasteiger partial charge in [-0.15, -0.1) is 0 Å². The van der Waals surface area contributed by atoms with Crippen molar-refractivity contribution >= 4 is 11.6 Å². The van der Waals surface area contributed by atoms with Crippen LogP contribution in [0.2, 0.25) is 0 Å². The summed E-state index contributed by atoms with van der Waals surface area (Å²) in [5.41, 5.74) is 8.02. The summed E-state index contributed by atoms with van der Waals surface area (Å²) in [4.78, 5) is 14.0. The van der Waals surface area contributed by atoms with Gasteiger partial charge < -0.3 is 15.4 Å². The number of carbonyl (C=O) groups is 1. The number of amides is 1. The van der Waals surface area contributed by atoms with Crippen LogP contribution >= 0.6 is 0 Å². The van der Waals surface area contributed by atoms with E-state index in [1.165, 1.54) is 0 Å². The summed E-state index contributed by atoms with van der Waals surface area (Å²) in [6.07, 6.45) is 0. The smallest absolute Gasteiger partial charge is 0.254 e. The molecule has 4 nitrogen and oxygen atoms in total. The fourth-order valence-corrected chi connectivity index (χ4v) is 1.95. The average Bonchev–Trinajstić information content (AvgIpc) is 2.48. The standard InChI is InChI=1S/C16H18N2O2/c1-18(11-12-6-8-14(17)9-7-12)16(19)13-4-3-5-15(10-13)20-2/h3-10H,11,17H2,1-2H3. The van der Waals surface area contributed by atoms with E-state index in [0.717, 1.165) is 11.3 Å². The van der Waals surface area contributed by atoms with Gasteiger partial charge in [0.1, 0.15) is 5.75 Å². The van der Waals surface area contributed by atoms with Crippen LogP contribution in [0.25, 0.3) is 0 Å². The van der Waals surface area contributed by atoms with Crippen molar-refractivity contribution in [3.05, 3.63) is 59.7 Å². The Hall–Kier alpha value is -2.49. The highest BCUT2D eigenvalue weighted by molar-refractivity contribution is 5.94. The van der Waals surface area contributed by atoms with Crippen molar-refractivity contribution in [3.63, 3.8) is 0 Å². The number of nitrogen functional groups attached to an aromatic ring is 1. The number of anilines is 1. The van der Waals surface area contributed by atoms with Crippen molar-refractivity contribution in [1.82, 2.24) is 4.90 Å². The minimum absolute atomic E-state index is 0.0410. The predicted octanol–water partition coefficient (Wildman–Crippen LogP) is 2.55. The lowest BCUT2D eigenvalue weighted by Crippen LogP contribution is -2.26. The Balaban J connectivity index is 2.09. The van der Waals surface area contributed by atoms with Gasteiger partial charge in [0.15, 0.2) is 0 Å². The number of hydrogen-bond donors (Lipinski definition) is 1. The molecule has 0 saturated carbocycles. The quantitative estimate of drug-likeness (QED) is 0.869. The third kappa shape index (κ3) is 3.29. The average molecular weight is 270 g/mol. The van der Waals surface area contributed by atoms with E-state index < -0.39 is 0 Å². The molecule has 1 amide bonds. The predicted molar refractivity (Wildman–Crippen MR) is 79.6 cm³/mol. The molecule has 0 aliphatic rings. The van der Waals surface area contributed by atoms with E-state index >= 15 is 0 Å². The Morgan fingerprint density at radius 3 is 2.55 bits per heavy atom. The highest BCUT2D eigenvalue weighted by Crippen LogP contribution is 2.15. The summed E-state index contributed by atoms with van der Waals surface area (Å²) in [5, 5.41) is 0. The van der Waals surface area contributed by atoms with Crippen LogP contribution in [0.3, 0.4) is 0 Å². The highest BCUT2D eigenvalue weighted by Gasteiger charge is 2.12. The molecule has 2 N–H and O–H groups in total. The molecule has 0 aliphatic heterocycles. The Morgan fingerprint density at radius 1 is 1.20 bits per heavy atom. The summed E-state index contributed by atoms with van der Waals surface area (Å²) < 4.78 is 5.13. The van der Waals surface area contributed by atoms with E-state index in [-0.39, 0.29) is 5.91 Å². The maximum atomic E-state index is 12.3. The molecule has 20 heavy (non-hydrogen) atoms. The third-order valence-corrected chi connectivity index (χ3v) is 3.06. The fourth-order valence-electron chi connectivity index (χ4n) is 1.95. The zero-order chi connectivity index (χ0) is 14.5. The van der Waals surface area contributed by atoms with Gasteiger partial charge in [-0.2, -0.15) is 0 Å². The summed E-state index contributed by atoms with van der Waals surface area (Å²) in [6, 6.07) is 14.7. The van der Waals surface area contributed by atoms with Crippen molar-refractivity contribution in [3.8, 4) is 5.75 Å². The lowest BCUT2D eigenvalue weighted by atomic mass is 10.1. The monoisotopic (exact) mass is 270 g/mol. The second-order valence-corrected chi connectivity index (χ2v) is 4.63. The van der Waals surface area contributed by atoms with Crippen LogP contribution in [0.1, 0.15) is 15.9 Å². The largest absolute Gasteiger partial charge is 0.497 e. The maximum absolute atomic E-state index is 12.3. The molecule has 0 radical (unpaired) electrons. The number of carbonyl (C=O) groups excluding carboxylic acids is 1. The van der Waals surface area contributed by atoms with Crippen molar-refractivity contribution in [1.29, 1.82) is 0 Å². The van der Waals surface area contributed by atoms with E-state index in [9.17, 15) is 4.79 Å². The fraction of sp³-hybridized carbons (Fsp3) is 0.188. The normalized spacial score (nSPS) is 10.1. The zero-order valence-electron chi connectivity index (χ0n) is 11.7. The Morgan fingerprint density at radius 2 is 1.90 bits per heavy atom. The number of methoxy groups -OCH3 is 1. The lowest BCUT2D eigenvalue weighted by Gasteiger charge is -2.17. The lowest BCUT2D eigenvalue weighted by molar-refractivity contribution is 0.0785. The van der Waals surface area contributed by atoms with Crippen LogP contribution in [-0.4, -0.2) is 25.0 Å². The Bertz CT molecular complexity index is 594. The Labute approximate surface area is 118 Å². The first-order valence-electron chi connectivity index (χ1n) is 6.34. The number of ether oxygens (including phenoxy) is 1. The first-order chi connectivity index (χ1) is 9.60. The SMILES string of the molecule is COc1cccc(C(=O)N(C)Cc2ccc(N)cc2)c1. The van der Waals surface area contributed by atoms with E-state index in [2.05, 4.69) is 0 Å². The van der Waals surface area contributed by atoms with Crippen LogP contribution in [0, 0.1) is 0 Å². The minimum Gasteiger partial charge on any atom is -0.497 e. The summed E-state index contributed by atoms with van der Waals surface area (Å²) in [6.45, 7) is 0.538. The summed E-state index contributed by atoms with van der Waals surface area (Å²) >= 11 is 0. The van der Waals surface area contributed by atoms with Gasteiger partial charge in [0.25, 0.3) is 5.91 Å².